The van der Waals surface area contributed by atoms with Gasteiger partial charge < -0.3 is 34.5 Å². The molecule has 1 saturated heterocycles. The van der Waals surface area contributed by atoms with Crippen molar-refractivity contribution < 1.29 is 29.9 Å². The molecular weight excluding hydrogens is 456 g/mol. The van der Waals surface area contributed by atoms with Gasteiger partial charge in [0.1, 0.15) is 42.2 Å². The fourth-order valence-electron chi connectivity index (χ4n) is 4.14. The van der Waals surface area contributed by atoms with Crippen LogP contribution in [0.4, 0.5) is 0 Å². The third-order valence-electron chi connectivity index (χ3n) is 5.99. The molecule has 0 bridgehead atoms. The van der Waals surface area contributed by atoms with E-state index >= 15 is 0 Å². The molecule has 3 aromatic carbocycles. The lowest BCUT2D eigenvalue weighted by Crippen LogP contribution is -2.57. The van der Waals surface area contributed by atoms with E-state index in [-0.39, 0.29) is 0 Å². The largest absolute Gasteiger partial charge is 0.492 e. The van der Waals surface area contributed by atoms with Crippen molar-refractivity contribution in [2.45, 2.75) is 41.6 Å². The Morgan fingerprint density at radius 2 is 1.68 bits per heavy atom. The third-order valence-corrected chi connectivity index (χ3v) is 7.14. The first-order chi connectivity index (χ1) is 16.5. The van der Waals surface area contributed by atoms with Crippen molar-refractivity contribution in [2.75, 3.05) is 13.2 Å². The number of ether oxygens (including phenoxy) is 2. The second-order valence-electron chi connectivity index (χ2n) is 8.21. The topological polar surface area (TPSA) is 117 Å². The first-order valence-corrected chi connectivity index (χ1v) is 12.0. The number of thioether (sulfide) groups is 1. The minimum atomic E-state index is -1.43. The number of hydrogen-bond donors (Lipinski definition) is 4. The quantitative estimate of drug-likeness (QED) is 0.317. The fraction of sp³-hybridized carbons (Fsp3) is 0.320. The van der Waals surface area contributed by atoms with E-state index in [1.807, 2.05) is 65.2 Å². The zero-order valence-electron chi connectivity index (χ0n) is 18.3. The zero-order chi connectivity index (χ0) is 23.7. The summed E-state index contributed by atoms with van der Waals surface area (Å²) in [6, 6.07) is 21.7. The van der Waals surface area contributed by atoms with Crippen LogP contribution in [-0.4, -0.2) is 73.0 Å². The van der Waals surface area contributed by atoms with E-state index in [1.165, 1.54) is 0 Å². The second kappa shape index (κ2) is 9.91. The molecule has 5 rings (SSSR count). The van der Waals surface area contributed by atoms with Crippen molar-refractivity contribution >= 4 is 33.6 Å². The summed E-state index contributed by atoms with van der Waals surface area (Å²) in [4.78, 5) is 4.68. The SMILES string of the molecule is OCC1OC(Sc2nc3ccccc3n2CCOc2ccc3ccccc3c2)C(O)C(O)C1O. The highest BCUT2D eigenvalue weighted by Crippen LogP contribution is 2.34. The van der Waals surface area contributed by atoms with Crippen LogP contribution < -0.4 is 4.74 Å². The molecule has 1 aromatic heterocycles. The summed E-state index contributed by atoms with van der Waals surface area (Å²) in [5.41, 5.74) is 0.768. The molecule has 34 heavy (non-hydrogen) atoms. The van der Waals surface area contributed by atoms with Crippen molar-refractivity contribution in [3.63, 3.8) is 0 Å². The number of nitrogens with zero attached hydrogens (tertiary/aromatic N) is 2. The number of aliphatic hydroxyl groups is 4. The average Bonchev–Trinajstić information content (AvgIpc) is 3.21. The van der Waals surface area contributed by atoms with E-state index < -0.39 is 36.5 Å². The van der Waals surface area contributed by atoms with Gasteiger partial charge in [0.05, 0.1) is 24.2 Å². The normalized spacial score (nSPS) is 25.1. The van der Waals surface area contributed by atoms with Gasteiger partial charge in [0.25, 0.3) is 0 Å². The van der Waals surface area contributed by atoms with E-state index in [1.54, 1.807) is 0 Å². The molecule has 0 saturated carbocycles. The molecule has 4 N–H and O–H groups in total. The number of aromatic nitrogens is 2. The van der Waals surface area contributed by atoms with Gasteiger partial charge in [-0.2, -0.15) is 0 Å². The Morgan fingerprint density at radius 1 is 0.912 bits per heavy atom. The molecule has 0 radical (unpaired) electrons. The van der Waals surface area contributed by atoms with Gasteiger partial charge in [-0.15, -0.1) is 0 Å². The number of fused-ring (bicyclic) bond motifs is 2. The number of aliphatic hydroxyl groups excluding tert-OH is 4. The molecule has 5 unspecified atom stereocenters. The fourth-order valence-corrected chi connectivity index (χ4v) is 5.31. The molecule has 9 heteroatoms. The third kappa shape index (κ3) is 4.50. The van der Waals surface area contributed by atoms with Crippen LogP contribution in [0.25, 0.3) is 21.8 Å². The predicted molar refractivity (Wildman–Crippen MR) is 129 cm³/mol. The van der Waals surface area contributed by atoms with Crippen LogP contribution in [0.15, 0.2) is 71.9 Å². The molecule has 0 aliphatic carbocycles. The van der Waals surface area contributed by atoms with Gasteiger partial charge in [0.15, 0.2) is 5.16 Å². The van der Waals surface area contributed by atoms with Crippen LogP contribution in [0, 0.1) is 0 Å². The Balaban J connectivity index is 1.35. The van der Waals surface area contributed by atoms with Gasteiger partial charge in [-0.05, 0) is 35.0 Å². The molecule has 1 aliphatic heterocycles. The minimum Gasteiger partial charge on any atom is -0.492 e. The standard InChI is InChI=1S/C25H26N2O6S/c28-14-20-21(29)22(30)23(31)24(33-20)34-25-26-18-7-3-4-8-19(18)27(25)11-12-32-17-10-9-15-5-1-2-6-16(15)13-17/h1-10,13,20-24,28-31H,11-12,14H2. The van der Waals surface area contributed by atoms with E-state index in [2.05, 4.69) is 11.1 Å². The predicted octanol–water partition coefficient (Wildman–Crippen LogP) is 2.16. The highest BCUT2D eigenvalue weighted by Gasteiger charge is 2.44. The smallest absolute Gasteiger partial charge is 0.171 e. The molecule has 4 aromatic rings. The van der Waals surface area contributed by atoms with Crippen molar-refractivity contribution in [3.8, 4) is 5.75 Å². The lowest BCUT2D eigenvalue weighted by atomic mass is 10.0. The minimum absolute atomic E-state index is 0.390. The highest BCUT2D eigenvalue weighted by atomic mass is 32.2. The molecule has 178 valence electrons. The van der Waals surface area contributed by atoms with Crippen molar-refractivity contribution in [1.82, 2.24) is 9.55 Å². The summed E-state index contributed by atoms with van der Waals surface area (Å²) in [7, 11) is 0. The Labute approximate surface area is 200 Å². The van der Waals surface area contributed by atoms with Gasteiger partial charge in [-0.3, -0.25) is 0 Å². The van der Waals surface area contributed by atoms with Crippen molar-refractivity contribution in [2.24, 2.45) is 0 Å². The maximum absolute atomic E-state index is 10.5. The summed E-state index contributed by atoms with van der Waals surface area (Å²) in [5.74, 6) is 0.770. The second-order valence-corrected chi connectivity index (χ2v) is 9.27. The van der Waals surface area contributed by atoms with Crippen molar-refractivity contribution in [3.05, 3.63) is 66.7 Å². The first kappa shape index (κ1) is 23.1. The molecule has 0 amide bonds. The Kier molecular flexibility index (Phi) is 6.73. The number of hydrogen-bond acceptors (Lipinski definition) is 8. The zero-order valence-corrected chi connectivity index (χ0v) is 19.1. The van der Waals surface area contributed by atoms with Gasteiger partial charge in [-0.25, -0.2) is 4.98 Å². The van der Waals surface area contributed by atoms with Gasteiger partial charge in [0, 0.05) is 0 Å². The number of benzene rings is 3. The number of imidazole rings is 1. The van der Waals surface area contributed by atoms with E-state index in [4.69, 9.17) is 9.47 Å². The molecule has 2 heterocycles. The number of rotatable bonds is 7. The Hall–Kier alpha value is -2.66. The number of para-hydroxylation sites is 2. The maximum atomic E-state index is 10.5. The van der Waals surface area contributed by atoms with Crippen LogP contribution in [-0.2, 0) is 11.3 Å². The van der Waals surface area contributed by atoms with Crippen LogP contribution in [0.2, 0.25) is 0 Å². The molecule has 5 atom stereocenters. The monoisotopic (exact) mass is 482 g/mol. The average molecular weight is 483 g/mol. The lowest BCUT2D eigenvalue weighted by Gasteiger charge is -2.39. The maximum Gasteiger partial charge on any atom is 0.171 e. The summed E-state index contributed by atoms with van der Waals surface area (Å²) in [6.45, 7) is 0.409. The van der Waals surface area contributed by atoms with Gasteiger partial charge >= 0.3 is 0 Å². The van der Waals surface area contributed by atoms with E-state index in [0.717, 1.165) is 39.3 Å². The summed E-state index contributed by atoms with van der Waals surface area (Å²) in [6.07, 6.45) is -5.14. The summed E-state index contributed by atoms with van der Waals surface area (Å²) in [5, 5.41) is 43.0. The highest BCUT2D eigenvalue weighted by molar-refractivity contribution is 7.99. The van der Waals surface area contributed by atoms with Crippen LogP contribution in [0.1, 0.15) is 0 Å². The van der Waals surface area contributed by atoms with Crippen LogP contribution in [0.3, 0.4) is 0 Å². The van der Waals surface area contributed by atoms with E-state index in [9.17, 15) is 20.4 Å². The first-order valence-electron chi connectivity index (χ1n) is 11.1. The molecule has 8 nitrogen and oxygen atoms in total. The van der Waals surface area contributed by atoms with Gasteiger partial charge in [-0.1, -0.05) is 54.2 Å². The molecule has 1 aliphatic rings. The Morgan fingerprint density at radius 3 is 2.50 bits per heavy atom. The van der Waals surface area contributed by atoms with Crippen molar-refractivity contribution in [1.29, 1.82) is 0 Å². The summed E-state index contributed by atoms with van der Waals surface area (Å²) >= 11 is 1.14. The molecular formula is C25H26N2O6S. The van der Waals surface area contributed by atoms with E-state index in [0.29, 0.717) is 18.3 Å². The Bertz CT molecular complexity index is 1280. The van der Waals surface area contributed by atoms with Crippen LogP contribution in [0.5, 0.6) is 5.75 Å². The van der Waals surface area contributed by atoms with Crippen LogP contribution >= 0.6 is 11.8 Å². The molecule has 1 fully saturated rings. The molecule has 0 spiro atoms. The van der Waals surface area contributed by atoms with Gasteiger partial charge in [0.2, 0.25) is 0 Å². The summed E-state index contributed by atoms with van der Waals surface area (Å²) < 4.78 is 13.7. The lowest BCUT2D eigenvalue weighted by molar-refractivity contribution is -0.205.